The van der Waals surface area contributed by atoms with Crippen LogP contribution in [-0.2, 0) is 25.5 Å². The van der Waals surface area contributed by atoms with Crippen LogP contribution >= 0.6 is 11.3 Å². The Labute approximate surface area is 217 Å². The van der Waals surface area contributed by atoms with Crippen molar-refractivity contribution in [3.63, 3.8) is 0 Å². The lowest BCUT2D eigenvalue weighted by Crippen LogP contribution is -2.42. The highest BCUT2D eigenvalue weighted by Gasteiger charge is 2.23. The third kappa shape index (κ3) is 6.89. The summed E-state index contributed by atoms with van der Waals surface area (Å²) in [5, 5.41) is 16.8. The maximum Gasteiger partial charge on any atom is 0.328 e. The van der Waals surface area contributed by atoms with Crippen LogP contribution in [0.2, 0.25) is 0 Å². The molecule has 4 aromatic rings. The van der Waals surface area contributed by atoms with Gasteiger partial charge in [-0.3, -0.25) is 9.59 Å². The van der Waals surface area contributed by atoms with E-state index in [0.29, 0.717) is 5.82 Å². The summed E-state index contributed by atoms with van der Waals surface area (Å²) in [6.45, 7) is 1.79. The number of hydrogen-bond acceptors (Lipinski definition) is 8. The topological polar surface area (TPSA) is 131 Å². The third-order valence-corrected chi connectivity index (χ3v) is 6.34. The summed E-state index contributed by atoms with van der Waals surface area (Å²) < 4.78 is 4.96. The number of para-hydroxylation sites is 2. The first kappa shape index (κ1) is 25.8. The Morgan fingerprint density at radius 3 is 2.38 bits per heavy atom. The summed E-state index contributed by atoms with van der Waals surface area (Å²) in [4.78, 5) is 46.1. The van der Waals surface area contributed by atoms with Crippen LogP contribution < -0.4 is 10.6 Å². The van der Waals surface area contributed by atoms with E-state index in [1.165, 1.54) is 0 Å². The third-order valence-electron chi connectivity index (χ3n) is 5.46. The molecule has 0 aliphatic heterocycles. The summed E-state index contributed by atoms with van der Waals surface area (Å²) >= 11 is 1.58. The highest BCUT2D eigenvalue weighted by molar-refractivity contribution is 7.13. The van der Waals surface area contributed by atoms with Crippen molar-refractivity contribution in [3.05, 3.63) is 71.6 Å². The minimum Gasteiger partial charge on any atom is -0.481 e. The van der Waals surface area contributed by atoms with Crippen molar-refractivity contribution in [2.75, 3.05) is 11.9 Å². The number of aromatic nitrogens is 2. The van der Waals surface area contributed by atoms with Crippen LogP contribution in [0.25, 0.3) is 21.6 Å². The molecule has 0 saturated heterocycles. The summed E-state index contributed by atoms with van der Waals surface area (Å²) in [5.41, 5.74) is 3.84. The van der Waals surface area contributed by atoms with Crippen molar-refractivity contribution in [1.82, 2.24) is 15.3 Å². The number of nitrogens with zero attached hydrogens (tertiary/aromatic N) is 2. The zero-order chi connectivity index (χ0) is 26.2. The van der Waals surface area contributed by atoms with Crippen molar-refractivity contribution in [2.45, 2.75) is 32.2 Å². The zero-order valence-electron chi connectivity index (χ0n) is 20.1. The lowest BCUT2D eigenvalue weighted by atomic mass is 10.1. The molecule has 0 saturated carbocycles. The number of hydrogen-bond donors (Lipinski definition) is 3. The monoisotopic (exact) mass is 518 g/mol. The number of benzene rings is 2. The quantitative estimate of drug-likeness (QED) is 0.246. The van der Waals surface area contributed by atoms with Gasteiger partial charge in [-0.1, -0.05) is 30.3 Å². The molecule has 9 nitrogen and oxygen atoms in total. The van der Waals surface area contributed by atoms with Crippen molar-refractivity contribution >= 4 is 51.7 Å². The molecule has 10 heteroatoms. The number of carbonyl (C=O) groups is 3. The van der Waals surface area contributed by atoms with Crippen LogP contribution in [0.3, 0.4) is 0 Å². The maximum atomic E-state index is 12.6. The predicted molar refractivity (Wildman–Crippen MR) is 142 cm³/mol. The van der Waals surface area contributed by atoms with Gasteiger partial charge in [0.15, 0.2) is 5.82 Å². The first-order valence-electron chi connectivity index (χ1n) is 11.8. The standard InChI is InChI=1S/C27H26N4O5S/c1-2-36-27(35)21(13-14-24(33)34)29-23(32)16-17-9-11-18(12-10-17)28-26-25(22-8-5-15-37-22)30-19-6-3-4-7-20(19)31-26/h3-12,15,21H,2,13-14,16H2,1H3,(H,28,31)(H,29,32)(H,33,34)/t21-/m0/s1. The molecule has 0 fully saturated rings. The van der Waals surface area contributed by atoms with Gasteiger partial charge in [0.05, 0.1) is 28.9 Å². The highest BCUT2D eigenvalue weighted by atomic mass is 32.1. The van der Waals surface area contributed by atoms with Crippen LogP contribution in [-0.4, -0.2) is 45.6 Å². The van der Waals surface area contributed by atoms with Gasteiger partial charge in [-0.2, -0.15) is 0 Å². The molecule has 0 spiro atoms. The Morgan fingerprint density at radius 2 is 1.73 bits per heavy atom. The second kappa shape index (κ2) is 12.1. The molecule has 190 valence electrons. The molecule has 0 unspecified atom stereocenters. The van der Waals surface area contributed by atoms with Crippen molar-refractivity contribution < 1.29 is 24.2 Å². The predicted octanol–water partition coefficient (Wildman–Crippen LogP) is 4.56. The van der Waals surface area contributed by atoms with E-state index in [1.807, 2.05) is 53.9 Å². The number of carboxylic acids is 1. The molecule has 0 aliphatic rings. The number of aliphatic carboxylic acids is 1. The second-order valence-corrected chi connectivity index (χ2v) is 9.14. The van der Waals surface area contributed by atoms with Crippen LogP contribution in [0.1, 0.15) is 25.3 Å². The summed E-state index contributed by atoms with van der Waals surface area (Å²) in [6.07, 6.45) is -0.267. The number of esters is 1. The van der Waals surface area contributed by atoms with Gasteiger partial charge in [0.1, 0.15) is 11.7 Å². The van der Waals surface area contributed by atoms with E-state index >= 15 is 0 Å². The largest absolute Gasteiger partial charge is 0.481 e. The molecule has 1 atom stereocenters. The van der Waals surface area contributed by atoms with E-state index < -0.39 is 23.9 Å². The van der Waals surface area contributed by atoms with Crippen LogP contribution in [0, 0.1) is 0 Å². The SMILES string of the molecule is CCOC(=O)[C@H](CCC(=O)O)NC(=O)Cc1ccc(Nc2nc3ccccc3nc2-c2cccs2)cc1. The number of nitrogens with one attached hydrogen (secondary N) is 2. The van der Waals surface area contributed by atoms with Gasteiger partial charge in [0.2, 0.25) is 5.91 Å². The Kier molecular flexibility index (Phi) is 8.42. The van der Waals surface area contributed by atoms with E-state index in [4.69, 9.17) is 19.8 Å². The van der Waals surface area contributed by atoms with Gasteiger partial charge in [-0.25, -0.2) is 14.8 Å². The molecular weight excluding hydrogens is 492 g/mol. The average molecular weight is 519 g/mol. The Balaban J connectivity index is 1.46. The van der Waals surface area contributed by atoms with Crippen LogP contribution in [0.15, 0.2) is 66.0 Å². The van der Waals surface area contributed by atoms with Crippen molar-refractivity contribution in [2.24, 2.45) is 0 Å². The molecule has 0 aliphatic carbocycles. The van der Waals surface area contributed by atoms with Gasteiger partial charge in [-0.15, -0.1) is 11.3 Å². The molecular formula is C27H26N4O5S. The maximum absolute atomic E-state index is 12.6. The zero-order valence-corrected chi connectivity index (χ0v) is 21.0. The van der Waals surface area contributed by atoms with Crippen LogP contribution in [0.5, 0.6) is 0 Å². The second-order valence-electron chi connectivity index (χ2n) is 8.19. The molecule has 0 bridgehead atoms. The van der Waals surface area contributed by atoms with E-state index in [2.05, 4.69) is 10.6 Å². The number of thiophene rings is 1. The minimum absolute atomic E-state index is 0.0273. The van der Waals surface area contributed by atoms with Crippen LogP contribution in [0.4, 0.5) is 11.5 Å². The van der Waals surface area contributed by atoms with Gasteiger partial charge >= 0.3 is 11.9 Å². The van der Waals surface area contributed by atoms with Gasteiger partial charge in [0.25, 0.3) is 0 Å². The number of amides is 1. The Hall–Kier alpha value is -4.31. The molecule has 4 rings (SSSR count). The lowest BCUT2D eigenvalue weighted by Gasteiger charge is -2.16. The summed E-state index contributed by atoms with van der Waals surface area (Å²) in [7, 11) is 0. The smallest absolute Gasteiger partial charge is 0.328 e. The van der Waals surface area contributed by atoms with Crippen molar-refractivity contribution in [3.8, 4) is 10.6 Å². The molecule has 2 aromatic heterocycles. The van der Waals surface area contributed by atoms with E-state index in [1.54, 1.807) is 30.4 Å². The number of carbonyl (C=O) groups excluding carboxylic acids is 2. The van der Waals surface area contributed by atoms with Gasteiger partial charge in [-0.05, 0) is 54.6 Å². The average Bonchev–Trinajstić information content (AvgIpc) is 3.42. The number of carboxylic acid groups (broad SMARTS) is 1. The van der Waals surface area contributed by atoms with E-state index in [9.17, 15) is 14.4 Å². The first-order valence-corrected chi connectivity index (χ1v) is 12.7. The van der Waals surface area contributed by atoms with E-state index in [0.717, 1.165) is 32.9 Å². The molecule has 1 amide bonds. The fourth-order valence-electron chi connectivity index (χ4n) is 3.71. The van der Waals surface area contributed by atoms with E-state index in [-0.39, 0.29) is 25.9 Å². The lowest BCUT2D eigenvalue weighted by molar-refractivity contribution is -0.148. The number of fused-ring (bicyclic) bond motifs is 1. The number of rotatable bonds is 11. The normalized spacial score (nSPS) is 11.6. The molecule has 0 radical (unpaired) electrons. The molecule has 2 aromatic carbocycles. The summed E-state index contributed by atoms with van der Waals surface area (Å²) in [6, 6.07) is 17.9. The van der Waals surface area contributed by atoms with Gasteiger partial charge in [0, 0.05) is 12.1 Å². The van der Waals surface area contributed by atoms with Gasteiger partial charge < -0.3 is 20.5 Å². The molecule has 3 N–H and O–H groups in total. The number of ether oxygens (including phenoxy) is 1. The first-order chi connectivity index (χ1) is 17.9. The summed E-state index contributed by atoms with van der Waals surface area (Å²) in [5.74, 6) is -1.47. The van der Waals surface area contributed by atoms with Crippen molar-refractivity contribution in [1.29, 1.82) is 0 Å². The molecule has 37 heavy (non-hydrogen) atoms. The molecule has 2 heterocycles. The number of anilines is 2. The Bertz CT molecular complexity index is 1390. The fourth-order valence-corrected chi connectivity index (χ4v) is 4.42. The fraction of sp³-hybridized carbons (Fsp3) is 0.222. The highest BCUT2D eigenvalue weighted by Crippen LogP contribution is 2.32. The Morgan fingerprint density at radius 1 is 1.00 bits per heavy atom. The minimum atomic E-state index is -1.05.